The molecule has 2 aromatic rings. The molecule has 2 heterocycles. The van der Waals surface area contributed by atoms with Crippen molar-refractivity contribution in [3.8, 4) is 5.69 Å². The van der Waals surface area contributed by atoms with Crippen molar-refractivity contribution in [2.24, 2.45) is 0 Å². The zero-order valence-electron chi connectivity index (χ0n) is 11.9. The summed E-state index contributed by atoms with van der Waals surface area (Å²) in [5, 5.41) is 3.36. The quantitative estimate of drug-likeness (QED) is 0.849. The molecule has 0 fully saturated rings. The average Bonchev–Trinajstić information content (AvgIpc) is 2.82. The van der Waals surface area contributed by atoms with Gasteiger partial charge in [-0.25, -0.2) is 4.98 Å². The van der Waals surface area contributed by atoms with Gasteiger partial charge in [-0.3, -0.25) is 0 Å². The molecule has 1 N–H and O–H groups in total. The van der Waals surface area contributed by atoms with Crippen LogP contribution in [0.2, 0.25) is 0 Å². The van der Waals surface area contributed by atoms with E-state index in [1.165, 1.54) is 22.6 Å². The van der Waals surface area contributed by atoms with Crippen molar-refractivity contribution >= 4 is 0 Å². The first-order valence-electron chi connectivity index (χ1n) is 6.92. The molecule has 0 aliphatic carbocycles. The van der Waals surface area contributed by atoms with E-state index in [0.717, 1.165) is 19.5 Å². The maximum Gasteiger partial charge on any atom is 0.0998 e. The van der Waals surface area contributed by atoms with Crippen LogP contribution in [0, 0.1) is 0 Å². The number of imidazole rings is 1. The second kappa shape index (κ2) is 4.49. The van der Waals surface area contributed by atoms with E-state index in [9.17, 15) is 0 Å². The predicted octanol–water partition coefficient (Wildman–Crippen LogP) is 2.82. The molecule has 0 atom stereocenters. The van der Waals surface area contributed by atoms with Crippen LogP contribution in [0.3, 0.4) is 0 Å². The molecule has 0 spiro atoms. The summed E-state index contributed by atoms with van der Waals surface area (Å²) in [5.74, 6) is 0. The van der Waals surface area contributed by atoms with Gasteiger partial charge in [-0.1, -0.05) is 32.9 Å². The molecule has 19 heavy (non-hydrogen) atoms. The van der Waals surface area contributed by atoms with Gasteiger partial charge in [0.25, 0.3) is 0 Å². The predicted molar refractivity (Wildman–Crippen MR) is 77.7 cm³/mol. The Morgan fingerprint density at radius 1 is 1.16 bits per heavy atom. The van der Waals surface area contributed by atoms with E-state index in [4.69, 9.17) is 0 Å². The van der Waals surface area contributed by atoms with Gasteiger partial charge in [0.15, 0.2) is 0 Å². The summed E-state index contributed by atoms with van der Waals surface area (Å²) in [4.78, 5) is 4.50. The van der Waals surface area contributed by atoms with Crippen LogP contribution in [0.1, 0.15) is 37.7 Å². The molecule has 1 aliphatic rings. The molecule has 0 amide bonds. The molecule has 100 valence electrons. The second-order valence-corrected chi connectivity index (χ2v) is 6.23. The number of nitrogens with one attached hydrogen (secondary N) is 1. The van der Waals surface area contributed by atoms with Gasteiger partial charge in [-0.2, -0.15) is 0 Å². The third-order valence-corrected chi connectivity index (χ3v) is 3.80. The molecule has 0 unspecified atom stereocenters. The van der Waals surface area contributed by atoms with Crippen molar-refractivity contribution in [2.75, 3.05) is 6.54 Å². The Morgan fingerprint density at radius 2 is 1.89 bits per heavy atom. The standard InChI is InChI=1S/C16H21N3/c1-16(2,3)12-4-6-13(7-5-12)19-11-18-14-10-17-9-8-15(14)19/h4-7,11,17H,8-10H2,1-3H3. The number of hydrogen-bond acceptors (Lipinski definition) is 2. The zero-order chi connectivity index (χ0) is 13.5. The van der Waals surface area contributed by atoms with Gasteiger partial charge < -0.3 is 9.88 Å². The number of fused-ring (bicyclic) bond motifs is 1. The minimum atomic E-state index is 0.205. The average molecular weight is 255 g/mol. The molecular weight excluding hydrogens is 234 g/mol. The molecule has 3 rings (SSSR count). The lowest BCUT2D eigenvalue weighted by atomic mass is 9.87. The van der Waals surface area contributed by atoms with Crippen molar-refractivity contribution in [3.63, 3.8) is 0 Å². The Kier molecular flexibility index (Phi) is 2.94. The second-order valence-electron chi connectivity index (χ2n) is 6.23. The largest absolute Gasteiger partial charge is 0.311 e. The Morgan fingerprint density at radius 3 is 2.58 bits per heavy atom. The van der Waals surface area contributed by atoms with E-state index >= 15 is 0 Å². The van der Waals surface area contributed by atoms with Crippen LogP contribution < -0.4 is 5.32 Å². The van der Waals surface area contributed by atoms with Crippen LogP contribution in [-0.2, 0) is 18.4 Å². The summed E-state index contributed by atoms with van der Waals surface area (Å²) < 4.78 is 2.22. The fourth-order valence-electron chi connectivity index (χ4n) is 2.58. The minimum Gasteiger partial charge on any atom is -0.311 e. The normalized spacial score (nSPS) is 15.3. The minimum absolute atomic E-state index is 0.205. The summed E-state index contributed by atoms with van der Waals surface area (Å²) in [5.41, 5.74) is 5.32. The summed E-state index contributed by atoms with van der Waals surface area (Å²) >= 11 is 0. The highest BCUT2D eigenvalue weighted by molar-refractivity contribution is 5.39. The molecule has 0 saturated heterocycles. The van der Waals surface area contributed by atoms with Crippen LogP contribution in [0.15, 0.2) is 30.6 Å². The molecule has 1 aromatic carbocycles. The molecule has 1 aromatic heterocycles. The molecule has 0 radical (unpaired) electrons. The topological polar surface area (TPSA) is 29.9 Å². The highest BCUT2D eigenvalue weighted by Gasteiger charge is 2.17. The lowest BCUT2D eigenvalue weighted by Crippen LogP contribution is -2.24. The molecular formula is C16H21N3. The monoisotopic (exact) mass is 255 g/mol. The first kappa shape index (κ1) is 12.4. The SMILES string of the molecule is CC(C)(C)c1ccc(-n2cnc3c2CCNC3)cc1. The van der Waals surface area contributed by atoms with E-state index in [2.05, 4.69) is 59.9 Å². The van der Waals surface area contributed by atoms with Gasteiger partial charge in [0.1, 0.15) is 0 Å². The van der Waals surface area contributed by atoms with Crippen molar-refractivity contribution < 1.29 is 0 Å². The fraction of sp³-hybridized carbons (Fsp3) is 0.438. The molecule has 0 bridgehead atoms. The Bertz CT molecular complexity index is 573. The maximum absolute atomic E-state index is 4.50. The van der Waals surface area contributed by atoms with Crippen LogP contribution in [0.4, 0.5) is 0 Å². The van der Waals surface area contributed by atoms with Crippen LogP contribution >= 0.6 is 0 Å². The van der Waals surface area contributed by atoms with Gasteiger partial charge in [-0.05, 0) is 23.1 Å². The van der Waals surface area contributed by atoms with E-state index in [0.29, 0.717) is 0 Å². The van der Waals surface area contributed by atoms with Crippen LogP contribution in [0.25, 0.3) is 5.69 Å². The lowest BCUT2D eigenvalue weighted by molar-refractivity contribution is 0.590. The van der Waals surface area contributed by atoms with Crippen molar-refractivity contribution in [1.29, 1.82) is 0 Å². The highest BCUT2D eigenvalue weighted by atomic mass is 15.1. The smallest absolute Gasteiger partial charge is 0.0998 e. The Labute approximate surface area is 114 Å². The Balaban J connectivity index is 1.97. The van der Waals surface area contributed by atoms with Crippen LogP contribution in [-0.4, -0.2) is 16.1 Å². The number of benzene rings is 1. The van der Waals surface area contributed by atoms with Gasteiger partial charge in [-0.15, -0.1) is 0 Å². The summed E-state index contributed by atoms with van der Waals surface area (Å²) in [7, 11) is 0. The van der Waals surface area contributed by atoms with Gasteiger partial charge in [0.2, 0.25) is 0 Å². The van der Waals surface area contributed by atoms with Crippen molar-refractivity contribution in [2.45, 2.75) is 39.2 Å². The lowest BCUT2D eigenvalue weighted by Gasteiger charge is -2.20. The number of rotatable bonds is 1. The molecule has 1 aliphatic heterocycles. The molecule has 3 heteroatoms. The van der Waals surface area contributed by atoms with Gasteiger partial charge >= 0.3 is 0 Å². The van der Waals surface area contributed by atoms with E-state index in [1.54, 1.807) is 0 Å². The van der Waals surface area contributed by atoms with Gasteiger partial charge in [0.05, 0.1) is 12.0 Å². The first-order valence-corrected chi connectivity index (χ1v) is 6.92. The van der Waals surface area contributed by atoms with E-state index in [-0.39, 0.29) is 5.41 Å². The fourth-order valence-corrected chi connectivity index (χ4v) is 2.58. The Hall–Kier alpha value is -1.61. The van der Waals surface area contributed by atoms with E-state index < -0.39 is 0 Å². The van der Waals surface area contributed by atoms with Gasteiger partial charge in [0, 0.05) is 30.9 Å². The molecule has 0 saturated carbocycles. The third kappa shape index (κ3) is 2.30. The molecule has 3 nitrogen and oxygen atoms in total. The van der Waals surface area contributed by atoms with Crippen LogP contribution in [0.5, 0.6) is 0 Å². The first-order chi connectivity index (χ1) is 9.05. The third-order valence-electron chi connectivity index (χ3n) is 3.80. The van der Waals surface area contributed by atoms with Crippen molar-refractivity contribution in [3.05, 3.63) is 47.5 Å². The zero-order valence-corrected chi connectivity index (χ0v) is 11.9. The number of nitrogens with zero attached hydrogens (tertiary/aromatic N) is 2. The number of aromatic nitrogens is 2. The van der Waals surface area contributed by atoms with Crippen molar-refractivity contribution in [1.82, 2.24) is 14.9 Å². The summed E-state index contributed by atoms with van der Waals surface area (Å²) in [6.45, 7) is 8.66. The highest BCUT2D eigenvalue weighted by Crippen LogP contribution is 2.24. The number of hydrogen-bond donors (Lipinski definition) is 1. The maximum atomic E-state index is 4.50. The summed E-state index contributed by atoms with van der Waals surface area (Å²) in [6, 6.07) is 8.85. The summed E-state index contributed by atoms with van der Waals surface area (Å²) in [6.07, 6.45) is 3.00. The van der Waals surface area contributed by atoms with E-state index in [1.807, 2.05) is 6.33 Å².